The lowest BCUT2D eigenvalue weighted by atomic mass is 10.1. The summed E-state index contributed by atoms with van der Waals surface area (Å²) in [7, 11) is -2.04. The number of halogens is 1. The van der Waals surface area contributed by atoms with Crippen molar-refractivity contribution in [3.8, 4) is 0 Å². The van der Waals surface area contributed by atoms with Gasteiger partial charge in [0.2, 0.25) is 10.0 Å². The quantitative estimate of drug-likeness (QED) is 0.823. The van der Waals surface area contributed by atoms with E-state index in [1.54, 1.807) is 19.1 Å². The van der Waals surface area contributed by atoms with Gasteiger partial charge in [0.05, 0.1) is 25.6 Å². The lowest BCUT2D eigenvalue weighted by Gasteiger charge is -2.34. The van der Waals surface area contributed by atoms with Crippen LogP contribution in [0, 0.1) is 5.82 Å². The molecule has 0 aliphatic carbocycles. The summed E-state index contributed by atoms with van der Waals surface area (Å²) in [5.41, 5.74) is -0.236. The van der Waals surface area contributed by atoms with E-state index in [2.05, 4.69) is 0 Å². The minimum absolute atomic E-state index is 0.122. The highest BCUT2D eigenvalue weighted by atomic mass is 32.2. The van der Waals surface area contributed by atoms with Gasteiger partial charge in [0, 0.05) is 13.6 Å². The zero-order valence-electron chi connectivity index (χ0n) is 12.2. The molecule has 0 radical (unpaired) electrons. The summed E-state index contributed by atoms with van der Waals surface area (Å²) >= 11 is 0. The van der Waals surface area contributed by atoms with Crippen molar-refractivity contribution in [2.75, 3.05) is 32.6 Å². The lowest BCUT2D eigenvalue weighted by Crippen LogP contribution is -2.48. The highest BCUT2D eigenvalue weighted by Crippen LogP contribution is 2.20. The van der Waals surface area contributed by atoms with Crippen LogP contribution in [-0.2, 0) is 26.0 Å². The van der Waals surface area contributed by atoms with Crippen molar-refractivity contribution in [1.82, 2.24) is 4.31 Å². The molecule has 0 amide bonds. The molecule has 0 N–H and O–H groups in total. The SMILES string of the molecule is CN(Cc1cccc(F)c1)S(=O)(=O)CC1(C)COCCO1. The molecule has 7 heteroatoms. The molecule has 1 heterocycles. The number of sulfonamides is 1. The average molecular weight is 317 g/mol. The highest BCUT2D eigenvalue weighted by molar-refractivity contribution is 7.89. The molecule has 1 unspecified atom stereocenters. The summed E-state index contributed by atoms with van der Waals surface area (Å²) in [6, 6.07) is 5.90. The zero-order chi connectivity index (χ0) is 15.5. The first-order valence-electron chi connectivity index (χ1n) is 6.71. The van der Waals surface area contributed by atoms with E-state index in [0.29, 0.717) is 18.8 Å². The number of hydrogen-bond donors (Lipinski definition) is 0. The molecular formula is C14H20FNO4S. The number of nitrogens with zero attached hydrogens (tertiary/aromatic N) is 1. The zero-order valence-corrected chi connectivity index (χ0v) is 13.0. The van der Waals surface area contributed by atoms with Crippen molar-refractivity contribution in [3.63, 3.8) is 0 Å². The number of hydrogen-bond acceptors (Lipinski definition) is 4. The third-order valence-electron chi connectivity index (χ3n) is 3.34. The second-order valence-corrected chi connectivity index (χ2v) is 7.57. The van der Waals surface area contributed by atoms with Crippen LogP contribution in [0.2, 0.25) is 0 Å². The molecule has 1 saturated heterocycles. The molecule has 1 aliphatic heterocycles. The number of ether oxygens (including phenoxy) is 2. The molecule has 0 aromatic heterocycles. The van der Waals surface area contributed by atoms with Crippen LogP contribution in [0.3, 0.4) is 0 Å². The fourth-order valence-electron chi connectivity index (χ4n) is 2.25. The van der Waals surface area contributed by atoms with Gasteiger partial charge in [-0.3, -0.25) is 0 Å². The molecule has 1 aromatic rings. The van der Waals surface area contributed by atoms with Gasteiger partial charge in [0.1, 0.15) is 11.4 Å². The predicted octanol–water partition coefficient (Wildman–Crippen LogP) is 1.39. The van der Waals surface area contributed by atoms with Crippen LogP contribution in [0.4, 0.5) is 4.39 Å². The van der Waals surface area contributed by atoms with E-state index in [-0.39, 0.29) is 24.7 Å². The maximum absolute atomic E-state index is 13.1. The lowest BCUT2D eigenvalue weighted by molar-refractivity contribution is -0.135. The summed E-state index contributed by atoms with van der Waals surface area (Å²) in [5, 5.41) is 0. The van der Waals surface area contributed by atoms with Crippen molar-refractivity contribution >= 4 is 10.0 Å². The standard InChI is InChI=1S/C14H20FNO4S/c1-14(10-19-6-7-20-14)11-21(17,18)16(2)9-12-4-3-5-13(15)8-12/h3-5,8H,6-7,9-11H2,1-2H3. The molecule has 0 spiro atoms. The number of benzene rings is 1. The third kappa shape index (κ3) is 4.47. The molecule has 2 rings (SSSR count). The Morgan fingerprint density at radius 1 is 1.38 bits per heavy atom. The van der Waals surface area contributed by atoms with E-state index in [9.17, 15) is 12.8 Å². The largest absolute Gasteiger partial charge is 0.376 e. The van der Waals surface area contributed by atoms with Crippen molar-refractivity contribution in [3.05, 3.63) is 35.6 Å². The molecule has 1 atom stereocenters. The van der Waals surface area contributed by atoms with Crippen LogP contribution in [-0.4, -0.2) is 50.9 Å². The molecular weight excluding hydrogens is 297 g/mol. The Hall–Kier alpha value is -1.02. The van der Waals surface area contributed by atoms with Crippen LogP contribution < -0.4 is 0 Å². The van der Waals surface area contributed by atoms with Crippen molar-refractivity contribution in [2.45, 2.75) is 19.1 Å². The van der Waals surface area contributed by atoms with Crippen LogP contribution in [0.25, 0.3) is 0 Å². The van der Waals surface area contributed by atoms with E-state index < -0.39 is 15.6 Å². The highest BCUT2D eigenvalue weighted by Gasteiger charge is 2.36. The predicted molar refractivity (Wildman–Crippen MR) is 76.8 cm³/mol. The fourth-order valence-corrected chi connectivity index (χ4v) is 3.75. The van der Waals surface area contributed by atoms with E-state index >= 15 is 0 Å². The summed E-state index contributed by atoms with van der Waals surface area (Å²) in [6.45, 7) is 2.96. The van der Waals surface area contributed by atoms with E-state index in [4.69, 9.17) is 9.47 Å². The molecule has 0 saturated carbocycles. The Bertz CT molecular complexity index is 584. The molecule has 5 nitrogen and oxygen atoms in total. The van der Waals surface area contributed by atoms with E-state index in [1.807, 2.05) is 0 Å². The van der Waals surface area contributed by atoms with Crippen LogP contribution >= 0.6 is 0 Å². The maximum Gasteiger partial charge on any atom is 0.217 e. The van der Waals surface area contributed by atoms with Gasteiger partial charge in [-0.2, -0.15) is 0 Å². The van der Waals surface area contributed by atoms with Gasteiger partial charge >= 0.3 is 0 Å². The second-order valence-electron chi connectivity index (χ2n) is 5.49. The molecule has 0 bridgehead atoms. The Labute approximate surface area is 124 Å². The molecule has 1 aliphatic rings. The van der Waals surface area contributed by atoms with Gasteiger partial charge in [-0.1, -0.05) is 12.1 Å². The minimum atomic E-state index is -3.52. The van der Waals surface area contributed by atoms with Crippen LogP contribution in [0.5, 0.6) is 0 Å². The Kier molecular flexibility index (Phi) is 4.98. The van der Waals surface area contributed by atoms with Crippen molar-refractivity contribution in [2.24, 2.45) is 0 Å². The minimum Gasteiger partial charge on any atom is -0.376 e. The summed E-state index contributed by atoms with van der Waals surface area (Å²) in [6.07, 6.45) is 0. The topological polar surface area (TPSA) is 55.8 Å². The molecule has 1 fully saturated rings. The van der Waals surface area contributed by atoms with Gasteiger partial charge in [-0.15, -0.1) is 0 Å². The number of rotatable bonds is 5. The fraction of sp³-hybridized carbons (Fsp3) is 0.571. The normalized spacial score (nSPS) is 23.4. The Balaban J connectivity index is 2.04. The first kappa shape index (κ1) is 16.4. The maximum atomic E-state index is 13.1. The Morgan fingerprint density at radius 2 is 2.14 bits per heavy atom. The van der Waals surface area contributed by atoms with Gasteiger partial charge < -0.3 is 9.47 Å². The summed E-state index contributed by atoms with van der Waals surface area (Å²) in [4.78, 5) is 0. The van der Waals surface area contributed by atoms with E-state index in [0.717, 1.165) is 0 Å². The first-order valence-corrected chi connectivity index (χ1v) is 8.32. The van der Waals surface area contributed by atoms with Gasteiger partial charge in [-0.05, 0) is 24.6 Å². The van der Waals surface area contributed by atoms with Gasteiger partial charge in [-0.25, -0.2) is 17.1 Å². The van der Waals surface area contributed by atoms with Crippen molar-refractivity contribution in [1.29, 1.82) is 0 Å². The van der Waals surface area contributed by atoms with Gasteiger partial charge in [0.25, 0.3) is 0 Å². The smallest absolute Gasteiger partial charge is 0.217 e. The average Bonchev–Trinajstić information content (AvgIpc) is 2.38. The third-order valence-corrected chi connectivity index (χ3v) is 5.40. The monoisotopic (exact) mass is 317 g/mol. The molecule has 118 valence electrons. The second kappa shape index (κ2) is 6.39. The van der Waals surface area contributed by atoms with Crippen LogP contribution in [0.1, 0.15) is 12.5 Å². The molecule has 21 heavy (non-hydrogen) atoms. The summed E-state index contributed by atoms with van der Waals surface area (Å²) in [5.74, 6) is -0.541. The summed E-state index contributed by atoms with van der Waals surface area (Å²) < 4.78 is 50.0. The van der Waals surface area contributed by atoms with Gasteiger partial charge in [0.15, 0.2) is 0 Å². The first-order chi connectivity index (χ1) is 9.81. The van der Waals surface area contributed by atoms with Crippen LogP contribution in [0.15, 0.2) is 24.3 Å². The van der Waals surface area contributed by atoms with Crippen molar-refractivity contribution < 1.29 is 22.3 Å². The molecule has 1 aromatic carbocycles. The van der Waals surface area contributed by atoms with E-state index in [1.165, 1.54) is 23.5 Å². The Morgan fingerprint density at radius 3 is 2.76 bits per heavy atom.